The summed E-state index contributed by atoms with van der Waals surface area (Å²) in [6.07, 6.45) is -0.370. The minimum atomic E-state index is -0.370. The number of carbonyl (C=O) groups is 1. The third kappa shape index (κ3) is 2.87. The molecule has 0 spiro atoms. The van der Waals surface area contributed by atoms with Crippen molar-refractivity contribution in [2.75, 3.05) is 18.1 Å². The number of amides is 1. The molecule has 1 aromatic carbocycles. The van der Waals surface area contributed by atoms with E-state index in [0.29, 0.717) is 18.8 Å². The van der Waals surface area contributed by atoms with Gasteiger partial charge in [-0.05, 0) is 38.1 Å². The van der Waals surface area contributed by atoms with Crippen molar-refractivity contribution in [2.45, 2.75) is 13.8 Å². The summed E-state index contributed by atoms with van der Waals surface area (Å²) in [5.74, 6) is 0.179. The molecule has 1 N–H and O–H groups in total. The second kappa shape index (κ2) is 5.24. The Bertz CT molecular complexity index is 321. The maximum absolute atomic E-state index is 11.5. The molecule has 1 amide bonds. The Balaban J connectivity index is 2.82. The highest BCUT2D eigenvalue weighted by Crippen LogP contribution is 2.18. The van der Waals surface area contributed by atoms with E-state index in [9.17, 15) is 4.79 Å². The van der Waals surface area contributed by atoms with E-state index in [0.717, 1.165) is 0 Å². The predicted molar refractivity (Wildman–Crippen MR) is 58.1 cm³/mol. The zero-order valence-electron chi connectivity index (χ0n) is 8.93. The van der Waals surface area contributed by atoms with Crippen molar-refractivity contribution in [3.8, 4) is 5.75 Å². The Labute approximate surface area is 89.1 Å². The molecule has 0 aliphatic heterocycles. The quantitative estimate of drug-likeness (QED) is 0.831. The van der Waals surface area contributed by atoms with E-state index in [1.807, 2.05) is 6.92 Å². The van der Waals surface area contributed by atoms with Gasteiger partial charge in [0.2, 0.25) is 0 Å². The Morgan fingerprint density at radius 1 is 1.33 bits per heavy atom. The lowest BCUT2D eigenvalue weighted by Gasteiger charge is -2.19. The first-order chi connectivity index (χ1) is 7.19. The summed E-state index contributed by atoms with van der Waals surface area (Å²) in [6, 6.07) is 6.43. The van der Waals surface area contributed by atoms with Crippen molar-refractivity contribution >= 4 is 11.8 Å². The van der Waals surface area contributed by atoms with Crippen molar-refractivity contribution in [1.29, 1.82) is 0 Å². The monoisotopic (exact) mass is 209 g/mol. The average molecular weight is 209 g/mol. The van der Waals surface area contributed by atoms with Gasteiger partial charge in [0.25, 0.3) is 0 Å². The molecular weight excluding hydrogens is 194 g/mol. The van der Waals surface area contributed by atoms with Crippen LogP contribution >= 0.6 is 0 Å². The van der Waals surface area contributed by atoms with E-state index in [2.05, 4.69) is 0 Å². The highest BCUT2D eigenvalue weighted by Gasteiger charge is 2.14. The van der Waals surface area contributed by atoms with E-state index in [1.54, 1.807) is 19.1 Å². The molecular formula is C11H15NO3. The number of ether oxygens (including phenoxy) is 1. The first-order valence-electron chi connectivity index (χ1n) is 4.92. The van der Waals surface area contributed by atoms with Crippen LogP contribution in [0.15, 0.2) is 24.3 Å². The number of phenols is 1. The lowest BCUT2D eigenvalue weighted by molar-refractivity contribution is 0.160. The highest BCUT2D eigenvalue weighted by atomic mass is 16.6. The standard InChI is InChI=1S/C11H15NO3/c1-3-12(11(14)15-4-2)9-5-7-10(13)8-6-9/h5-8,13H,3-4H2,1-2H3. The maximum Gasteiger partial charge on any atom is 0.414 e. The molecule has 0 saturated carbocycles. The predicted octanol–water partition coefficient (Wildman–Crippen LogP) is 2.38. The number of aromatic hydroxyl groups is 1. The lowest BCUT2D eigenvalue weighted by atomic mass is 10.3. The molecule has 1 aromatic rings. The van der Waals surface area contributed by atoms with E-state index in [4.69, 9.17) is 9.84 Å². The molecule has 0 bridgehead atoms. The first kappa shape index (κ1) is 11.4. The second-order valence-electron chi connectivity index (χ2n) is 2.96. The van der Waals surface area contributed by atoms with Crippen LogP contribution in [0.25, 0.3) is 0 Å². The fourth-order valence-electron chi connectivity index (χ4n) is 1.25. The van der Waals surface area contributed by atoms with Gasteiger partial charge in [-0.2, -0.15) is 0 Å². The number of hydrogen-bond acceptors (Lipinski definition) is 3. The minimum Gasteiger partial charge on any atom is -0.508 e. The molecule has 4 nitrogen and oxygen atoms in total. The first-order valence-corrected chi connectivity index (χ1v) is 4.92. The van der Waals surface area contributed by atoms with Crippen molar-refractivity contribution in [1.82, 2.24) is 0 Å². The van der Waals surface area contributed by atoms with Crippen LogP contribution in [0, 0.1) is 0 Å². The number of carbonyl (C=O) groups excluding carboxylic acids is 1. The number of phenolic OH excluding ortho intramolecular Hbond substituents is 1. The fraction of sp³-hybridized carbons (Fsp3) is 0.364. The fourth-order valence-corrected chi connectivity index (χ4v) is 1.25. The zero-order chi connectivity index (χ0) is 11.3. The number of hydrogen-bond donors (Lipinski definition) is 1. The van der Waals surface area contributed by atoms with Crippen LogP contribution in [0.4, 0.5) is 10.5 Å². The SMILES string of the molecule is CCOC(=O)N(CC)c1ccc(O)cc1. The molecule has 15 heavy (non-hydrogen) atoms. The molecule has 0 aromatic heterocycles. The van der Waals surface area contributed by atoms with Crippen molar-refractivity contribution < 1.29 is 14.6 Å². The Kier molecular flexibility index (Phi) is 3.97. The van der Waals surface area contributed by atoms with Gasteiger partial charge in [0.05, 0.1) is 6.61 Å². The summed E-state index contributed by atoms with van der Waals surface area (Å²) in [5.41, 5.74) is 0.716. The van der Waals surface area contributed by atoms with E-state index in [-0.39, 0.29) is 11.8 Å². The van der Waals surface area contributed by atoms with Gasteiger partial charge in [-0.3, -0.25) is 4.90 Å². The molecule has 0 radical (unpaired) electrons. The summed E-state index contributed by atoms with van der Waals surface area (Å²) in [5, 5.41) is 9.12. The molecule has 82 valence electrons. The molecule has 0 atom stereocenters. The van der Waals surface area contributed by atoms with Gasteiger partial charge in [-0.15, -0.1) is 0 Å². The molecule has 0 fully saturated rings. The topological polar surface area (TPSA) is 49.8 Å². The molecule has 0 heterocycles. The van der Waals surface area contributed by atoms with Gasteiger partial charge < -0.3 is 9.84 Å². The lowest BCUT2D eigenvalue weighted by Crippen LogP contribution is -2.31. The number of rotatable bonds is 3. The Morgan fingerprint density at radius 3 is 2.40 bits per heavy atom. The van der Waals surface area contributed by atoms with Crippen LogP contribution < -0.4 is 4.90 Å². The molecule has 0 saturated heterocycles. The third-order valence-corrected chi connectivity index (χ3v) is 1.97. The second-order valence-corrected chi connectivity index (χ2v) is 2.96. The van der Waals surface area contributed by atoms with Gasteiger partial charge in [0.15, 0.2) is 0 Å². The number of nitrogens with zero attached hydrogens (tertiary/aromatic N) is 1. The summed E-state index contributed by atoms with van der Waals surface area (Å²) < 4.78 is 4.90. The largest absolute Gasteiger partial charge is 0.508 e. The van der Waals surface area contributed by atoms with Gasteiger partial charge in [0.1, 0.15) is 5.75 Å². The Morgan fingerprint density at radius 2 is 1.93 bits per heavy atom. The van der Waals surface area contributed by atoms with Crippen LogP contribution in [0.5, 0.6) is 5.75 Å². The van der Waals surface area contributed by atoms with Gasteiger partial charge in [-0.1, -0.05) is 0 Å². The van der Waals surface area contributed by atoms with Gasteiger partial charge >= 0.3 is 6.09 Å². The summed E-state index contributed by atoms with van der Waals surface area (Å²) in [4.78, 5) is 13.0. The van der Waals surface area contributed by atoms with Crippen LogP contribution in [0.3, 0.4) is 0 Å². The molecule has 1 rings (SSSR count). The van der Waals surface area contributed by atoms with E-state index in [1.165, 1.54) is 17.0 Å². The van der Waals surface area contributed by atoms with Crippen molar-refractivity contribution in [3.05, 3.63) is 24.3 Å². The van der Waals surface area contributed by atoms with E-state index < -0.39 is 0 Å². The summed E-state index contributed by atoms with van der Waals surface area (Å²) in [7, 11) is 0. The van der Waals surface area contributed by atoms with Crippen molar-refractivity contribution in [3.63, 3.8) is 0 Å². The molecule has 0 unspecified atom stereocenters. The normalized spacial score (nSPS) is 9.73. The van der Waals surface area contributed by atoms with Gasteiger partial charge in [-0.25, -0.2) is 4.79 Å². The van der Waals surface area contributed by atoms with Crippen LogP contribution in [0.2, 0.25) is 0 Å². The smallest absolute Gasteiger partial charge is 0.414 e. The Hall–Kier alpha value is -1.71. The zero-order valence-corrected chi connectivity index (χ0v) is 8.93. The van der Waals surface area contributed by atoms with Crippen LogP contribution in [-0.2, 0) is 4.74 Å². The van der Waals surface area contributed by atoms with Gasteiger partial charge in [0, 0.05) is 12.2 Å². The molecule has 0 aliphatic carbocycles. The van der Waals surface area contributed by atoms with E-state index >= 15 is 0 Å². The number of anilines is 1. The number of benzene rings is 1. The summed E-state index contributed by atoms with van der Waals surface area (Å²) in [6.45, 7) is 4.52. The van der Waals surface area contributed by atoms with Crippen LogP contribution in [0.1, 0.15) is 13.8 Å². The molecule has 4 heteroatoms. The maximum atomic E-state index is 11.5. The summed E-state index contributed by atoms with van der Waals surface area (Å²) >= 11 is 0. The van der Waals surface area contributed by atoms with Crippen LogP contribution in [-0.4, -0.2) is 24.4 Å². The van der Waals surface area contributed by atoms with Crippen molar-refractivity contribution in [2.24, 2.45) is 0 Å². The third-order valence-electron chi connectivity index (χ3n) is 1.97. The molecule has 0 aliphatic rings. The highest BCUT2D eigenvalue weighted by molar-refractivity contribution is 5.87. The minimum absolute atomic E-state index is 0.179. The average Bonchev–Trinajstić information content (AvgIpc) is 2.22.